The van der Waals surface area contributed by atoms with Crippen molar-refractivity contribution in [3.63, 3.8) is 0 Å². The third-order valence-electron chi connectivity index (χ3n) is 2.54. The first-order valence-corrected chi connectivity index (χ1v) is 5.88. The number of rotatable bonds is 2. The summed E-state index contributed by atoms with van der Waals surface area (Å²) in [6, 6.07) is 2.12. The fourth-order valence-electron chi connectivity index (χ4n) is 1.52. The van der Waals surface area contributed by atoms with Crippen LogP contribution in [0.15, 0.2) is 12.3 Å². The molecule has 0 radical (unpaired) electrons. The molecular weight excluding hydrogens is 224 g/mol. The van der Waals surface area contributed by atoms with Crippen LogP contribution in [0.1, 0.15) is 22.5 Å². The second-order valence-electron chi connectivity index (χ2n) is 3.84. The number of hydrogen-bond acceptors (Lipinski definition) is 5. The maximum absolute atomic E-state index is 11.9. The van der Waals surface area contributed by atoms with Crippen LogP contribution in [0.5, 0.6) is 0 Å². The van der Waals surface area contributed by atoms with Gasteiger partial charge in [-0.3, -0.25) is 4.79 Å². The van der Waals surface area contributed by atoms with Gasteiger partial charge >= 0.3 is 0 Å². The lowest BCUT2D eigenvalue weighted by atomic mass is 10.3. The van der Waals surface area contributed by atoms with Gasteiger partial charge in [0, 0.05) is 11.4 Å². The monoisotopic (exact) mass is 234 g/mol. The average Bonchev–Trinajstić information content (AvgIpc) is 3.03. The van der Waals surface area contributed by atoms with Gasteiger partial charge < -0.3 is 11.1 Å². The number of anilines is 1. The van der Waals surface area contributed by atoms with Crippen molar-refractivity contribution >= 4 is 33.1 Å². The van der Waals surface area contributed by atoms with Crippen molar-refractivity contribution in [3.8, 4) is 0 Å². The standard InChI is InChI=1S/C10H10N4OS/c11-7-6-3-4-12-14-10(6)16-8(7)9(15)13-5-1-2-5/h3-5H,1-2,11H2,(H,13,15). The average molecular weight is 234 g/mol. The summed E-state index contributed by atoms with van der Waals surface area (Å²) < 4.78 is 0. The first-order chi connectivity index (χ1) is 7.75. The molecule has 2 heterocycles. The molecule has 6 heteroatoms. The van der Waals surface area contributed by atoms with Crippen LogP contribution >= 0.6 is 11.3 Å². The van der Waals surface area contributed by atoms with Crippen molar-refractivity contribution in [2.45, 2.75) is 18.9 Å². The van der Waals surface area contributed by atoms with Crippen LogP contribution < -0.4 is 11.1 Å². The van der Waals surface area contributed by atoms with E-state index in [1.807, 2.05) is 0 Å². The lowest BCUT2D eigenvalue weighted by Crippen LogP contribution is -2.25. The zero-order valence-corrected chi connectivity index (χ0v) is 9.25. The lowest BCUT2D eigenvalue weighted by molar-refractivity contribution is 0.0956. The number of nitrogens with zero attached hydrogens (tertiary/aromatic N) is 2. The van der Waals surface area contributed by atoms with E-state index in [9.17, 15) is 4.79 Å². The summed E-state index contributed by atoms with van der Waals surface area (Å²) in [7, 11) is 0. The van der Waals surface area contributed by atoms with Crippen LogP contribution in [0, 0.1) is 0 Å². The second-order valence-corrected chi connectivity index (χ2v) is 4.84. The number of fused-ring (bicyclic) bond motifs is 1. The van der Waals surface area contributed by atoms with Crippen LogP contribution in [-0.2, 0) is 0 Å². The predicted molar refractivity (Wildman–Crippen MR) is 62.3 cm³/mol. The summed E-state index contributed by atoms with van der Waals surface area (Å²) in [5, 5.41) is 11.4. The molecule has 2 aromatic rings. The highest BCUT2D eigenvalue weighted by Crippen LogP contribution is 2.32. The smallest absolute Gasteiger partial charge is 0.263 e. The van der Waals surface area contributed by atoms with Gasteiger partial charge in [0.1, 0.15) is 9.71 Å². The minimum Gasteiger partial charge on any atom is -0.397 e. The topological polar surface area (TPSA) is 80.9 Å². The van der Waals surface area contributed by atoms with Crippen molar-refractivity contribution in [2.24, 2.45) is 0 Å². The third-order valence-corrected chi connectivity index (χ3v) is 3.64. The van der Waals surface area contributed by atoms with E-state index in [1.165, 1.54) is 11.3 Å². The SMILES string of the molecule is Nc1c(C(=O)NC2CC2)sc2nnccc12. The summed E-state index contributed by atoms with van der Waals surface area (Å²) >= 11 is 1.29. The largest absolute Gasteiger partial charge is 0.397 e. The van der Waals surface area contributed by atoms with E-state index in [0.717, 1.165) is 18.2 Å². The maximum Gasteiger partial charge on any atom is 0.263 e. The molecule has 1 saturated carbocycles. The second kappa shape index (κ2) is 3.41. The molecule has 0 aromatic carbocycles. The molecule has 1 amide bonds. The Balaban J connectivity index is 2.02. The Kier molecular flexibility index (Phi) is 2.03. The molecule has 1 fully saturated rings. The molecular formula is C10H10N4OS. The molecule has 2 aromatic heterocycles. The number of carbonyl (C=O) groups excluding carboxylic acids is 1. The van der Waals surface area contributed by atoms with Gasteiger partial charge in [-0.2, -0.15) is 5.10 Å². The van der Waals surface area contributed by atoms with Crippen LogP contribution in [0.3, 0.4) is 0 Å². The number of nitrogens with two attached hydrogens (primary N) is 1. The van der Waals surface area contributed by atoms with Gasteiger partial charge in [0.2, 0.25) is 0 Å². The van der Waals surface area contributed by atoms with E-state index in [1.54, 1.807) is 12.3 Å². The molecule has 0 unspecified atom stereocenters. The van der Waals surface area contributed by atoms with Gasteiger partial charge in [-0.05, 0) is 18.9 Å². The molecule has 0 bridgehead atoms. The molecule has 3 rings (SSSR count). The highest BCUT2D eigenvalue weighted by molar-refractivity contribution is 7.21. The van der Waals surface area contributed by atoms with Gasteiger partial charge in [-0.1, -0.05) is 0 Å². The van der Waals surface area contributed by atoms with E-state index >= 15 is 0 Å². The summed E-state index contributed by atoms with van der Waals surface area (Å²) in [6.45, 7) is 0. The Bertz CT molecular complexity index is 561. The van der Waals surface area contributed by atoms with Crippen molar-refractivity contribution < 1.29 is 4.79 Å². The van der Waals surface area contributed by atoms with Gasteiger partial charge in [0.15, 0.2) is 0 Å². The number of hydrogen-bond donors (Lipinski definition) is 2. The van der Waals surface area contributed by atoms with E-state index in [0.29, 0.717) is 21.4 Å². The zero-order valence-electron chi connectivity index (χ0n) is 8.43. The van der Waals surface area contributed by atoms with Crippen LogP contribution in [0.25, 0.3) is 10.2 Å². The Morgan fingerprint density at radius 2 is 2.38 bits per heavy atom. The van der Waals surface area contributed by atoms with Crippen molar-refractivity contribution in [1.82, 2.24) is 15.5 Å². The summed E-state index contributed by atoms with van der Waals surface area (Å²) in [5.74, 6) is -0.0944. The van der Waals surface area contributed by atoms with Crippen molar-refractivity contribution in [1.29, 1.82) is 0 Å². The van der Waals surface area contributed by atoms with Crippen LogP contribution in [-0.4, -0.2) is 22.1 Å². The van der Waals surface area contributed by atoms with Gasteiger partial charge in [-0.15, -0.1) is 16.4 Å². The molecule has 1 aliphatic rings. The van der Waals surface area contributed by atoms with Crippen molar-refractivity contribution in [2.75, 3.05) is 5.73 Å². The highest BCUT2D eigenvalue weighted by atomic mass is 32.1. The van der Waals surface area contributed by atoms with Crippen LogP contribution in [0.2, 0.25) is 0 Å². The Hall–Kier alpha value is -1.69. The molecule has 16 heavy (non-hydrogen) atoms. The fourth-order valence-corrected chi connectivity index (χ4v) is 2.46. The third kappa shape index (κ3) is 1.51. The molecule has 1 aliphatic carbocycles. The molecule has 0 atom stereocenters. The zero-order chi connectivity index (χ0) is 11.1. The van der Waals surface area contributed by atoms with Crippen LogP contribution in [0.4, 0.5) is 5.69 Å². The normalized spacial score (nSPS) is 15.2. The molecule has 3 N–H and O–H groups in total. The minimum atomic E-state index is -0.0944. The highest BCUT2D eigenvalue weighted by Gasteiger charge is 2.26. The lowest BCUT2D eigenvalue weighted by Gasteiger charge is -2.00. The molecule has 0 saturated heterocycles. The fraction of sp³-hybridized carbons (Fsp3) is 0.300. The number of nitrogens with one attached hydrogen (secondary N) is 1. The molecule has 82 valence electrons. The summed E-state index contributed by atoms with van der Waals surface area (Å²) in [5.41, 5.74) is 6.43. The van der Waals surface area contributed by atoms with Gasteiger partial charge in [-0.25, -0.2) is 0 Å². The van der Waals surface area contributed by atoms with Gasteiger partial charge in [0.05, 0.1) is 11.9 Å². The van der Waals surface area contributed by atoms with E-state index in [4.69, 9.17) is 5.73 Å². The first-order valence-electron chi connectivity index (χ1n) is 5.06. The summed E-state index contributed by atoms with van der Waals surface area (Å²) in [4.78, 5) is 13.1. The maximum atomic E-state index is 11.9. The van der Waals surface area contributed by atoms with Crippen molar-refractivity contribution in [3.05, 3.63) is 17.1 Å². The number of amides is 1. The minimum absolute atomic E-state index is 0.0944. The van der Waals surface area contributed by atoms with E-state index in [-0.39, 0.29) is 5.91 Å². The van der Waals surface area contributed by atoms with E-state index in [2.05, 4.69) is 15.5 Å². The number of aromatic nitrogens is 2. The Morgan fingerprint density at radius 3 is 3.06 bits per heavy atom. The van der Waals surface area contributed by atoms with E-state index < -0.39 is 0 Å². The predicted octanol–water partition coefficient (Wildman–Crippen LogP) is 1.17. The Morgan fingerprint density at radius 1 is 1.56 bits per heavy atom. The number of thiophene rings is 1. The quantitative estimate of drug-likeness (QED) is 0.817. The molecule has 5 nitrogen and oxygen atoms in total. The first kappa shape index (κ1) is 9.53. The van der Waals surface area contributed by atoms with Gasteiger partial charge in [0.25, 0.3) is 5.91 Å². The number of nitrogen functional groups attached to an aromatic ring is 1. The Labute approximate surface area is 95.7 Å². The summed E-state index contributed by atoms with van der Waals surface area (Å²) in [6.07, 6.45) is 3.71. The molecule has 0 aliphatic heterocycles. The molecule has 0 spiro atoms. The number of carbonyl (C=O) groups is 1.